The topological polar surface area (TPSA) is 34.1 Å². The highest BCUT2D eigenvalue weighted by Crippen LogP contribution is 2.35. The third-order valence-corrected chi connectivity index (χ3v) is 3.78. The molecule has 0 N–H and O–H groups in total. The minimum Gasteiger partial charge on any atom is -0.224 e. The van der Waals surface area contributed by atoms with Crippen molar-refractivity contribution in [1.29, 1.82) is 0 Å². The van der Waals surface area contributed by atoms with Crippen LogP contribution in [0.5, 0.6) is 0 Å². The Morgan fingerprint density at radius 3 is 2.00 bits per heavy atom. The van der Waals surface area contributed by atoms with Gasteiger partial charge in [-0.15, -0.1) is 0 Å². The highest BCUT2D eigenvalue weighted by Gasteiger charge is 2.20. The molecule has 0 spiro atoms. The number of hydrogen-bond acceptors (Lipinski definition) is 2. The molecule has 3 heteroatoms. The second-order valence-corrected chi connectivity index (χ2v) is 5.77. The summed E-state index contributed by atoms with van der Waals surface area (Å²) < 4.78 is 22.4. The Balaban J connectivity index is 2.26. The molecule has 0 aliphatic heterocycles. The van der Waals surface area contributed by atoms with Gasteiger partial charge in [-0.25, -0.2) is 8.42 Å². The van der Waals surface area contributed by atoms with E-state index in [0.29, 0.717) is 4.90 Å². The maximum Gasteiger partial charge on any atom is 0.175 e. The number of rotatable bonds is 2. The molecule has 0 bridgehead atoms. The third kappa shape index (κ3) is 1.82. The van der Waals surface area contributed by atoms with E-state index in [2.05, 4.69) is 0 Å². The first kappa shape index (κ1) is 9.71. The van der Waals surface area contributed by atoms with E-state index in [4.69, 9.17) is 0 Å². The van der Waals surface area contributed by atoms with Crippen molar-refractivity contribution >= 4 is 9.84 Å². The zero-order chi connectivity index (χ0) is 10.2. The minimum absolute atomic E-state index is 0.404. The van der Waals surface area contributed by atoms with Crippen molar-refractivity contribution in [1.82, 2.24) is 0 Å². The predicted octanol–water partition coefficient (Wildman–Crippen LogP) is 2.20. The average molecular weight is 209 g/mol. The fraction of sp³-hybridized carbons (Fsp3) is 0.364. The van der Waals surface area contributed by atoms with E-state index in [0.717, 1.165) is 12.8 Å². The molecule has 1 aliphatic rings. The lowest BCUT2D eigenvalue weighted by Crippen LogP contribution is -2.09. The van der Waals surface area contributed by atoms with Gasteiger partial charge < -0.3 is 0 Å². The molecular formula is C11H13O2S. The molecule has 1 aromatic carbocycles. The van der Waals surface area contributed by atoms with E-state index in [-0.39, 0.29) is 0 Å². The number of benzene rings is 1. The van der Waals surface area contributed by atoms with Crippen molar-refractivity contribution in [2.24, 2.45) is 0 Å². The van der Waals surface area contributed by atoms with Gasteiger partial charge >= 0.3 is 0 Å². The Kier molecular flexibility index (Phi) is 2.35. The molecule has 0 unspecified atom stereocenters. The van der Waals surface area contributed by atoms with E-state index in [9.17, 15) is 8.42 Å². The zero-order valence-electron chi connectivity index (χ0n) is 8.16. The van der Waals surface area contributed by atoms with Gasteiger partial charge in [0.2, 0.25) is 0 Å². The van der Waals surface area contributed by atoms with Crippen molar-refractivity contribution in [2.75, 3.05) is 6.26 Å². The second-order valence-electron chi connectivity index (χ2n) is 3.75. The molecule has 1 aromatic rings. The van der Waals surface area contributed by atoms with Crippen LogP contribution < -0.4 is 0 Å². The fourth-order valence-corrected chi connectivity index (χ4v) is 2.21. The van der Waals surface area contributed by atoms with Crippen LogP contribution in [0.3, 0.4) is 0 Å². The van der Waals surface area contributed by atoms with Crippen LogP contribution >= 0.6 is 0 Å². The van der Waals surface area contributed by atoms with E-state index in [1.165, 1.54) is 24.2 Å². The molecule has 1 fully saturated rings. The minimum atomic E-state index is -3.04. The van der Waals surface area contributed by atoms with Crippen molar-refractivity contribution in [3.05, 3.63) is 35.7 Å². The van der Waals surface area contributed by atoms with Gasteiger partial charge in [0.1, 0.15) is 0 Å². The molecule has 0 atom stereocenters. The van der Waals surface area contributed by atoms with Crippen molar-refractivity contribution < 1.29 is 8.42 Å². The van der Waals surface area contributed by atoms with Crippen LogP contribution in [0.15, 0.2) is 29.2 Å². The molecule has 2 nitrogen and oxygen atoms in total. The summed E-state index contributed by atoms with van der Waals surface area (Å²) in [6, 6.07) is 7.20. The Hall–Kier alpha value is -0.830. The predicted molar refractivity (Wildman–Crippen MR) is 55.7 cm³/mol. The van der Waals surface area contributed by atoms with E-state index in [1.54, 1.807) is 12.1 Å². The summed E-state index contributed by atoms with van der Waals surface area (Å²) in [4.78, 5) is 0.404. The summed E-state index contributed by atoms with van der Waals surface area (Å²) in [5.41, 5.74) is 1.20. The van der Waals surface area contributed by atoms with Gasteiger partial charge in [0.25, 0.3) is 0 Å². The Morgan fingerprint density at radius 1 is 1.07 bits per heavy atom. The number of sulfone groups is 1. The van der Waals surface area contributed by atoms with Crippen LogP contribution in [-0.4, -0.2) is 14.7 Å². The molecule has 0 aromatic heterocycles. The molecule has 0 heterocycles. The fourth-order valence-electron chi connectivity index (χ4n) is 1.58. The maximum absolute atomic E-state index is 11.2. The zero-order valence-corrected chi connectivity index (χ0v) is 8.97. The highest BCUT2D eigenvalue weighted by molar-refractivity contribution is 7.90. The standard InChI is InChI=1S/C11H13O2S/c1-14(12,13)11-7-5-10(6-8-11)9-3-2-4-9/h5-8H,2-4H2,1H3. The van der Waals surface area contributed by atoms with Gasteiger partial charge in [-0.2, -0.15) is 0 Å². The molecule has 1 radical (unpaired) electrons. The molecular weight excluding hydrogens is 196 g/mol. The molecule has 75 valence electrons. The van der Waals surface area contributed by atoms with Gasteiger partial charge in [-0.05, 0) is 30.5 Å². The Bertz CT molecular complexity index is 413. The summed E-state index contributed by atoms with van der Waals surface area (Å²) in [6.45, 7) is 0. The van der Waals surface area contributed by atoms with Crippen LogP contribution in [0.4, 0.5) is 0 Å². The largest absolute Gasteiger partial charge is 0.224 e. The Morgan fingerprint density at radius 2 is 1.64 bits per heavy atom. The van der Waals surface area contributed by atoms with Crippen molar-refractivity contribution in [3.63, 3.8) is 0 Å². The maximum atomic E-state index is 11.2. The monoisotopic (exact) mass is 209 g/mol. The van der Waals surface area contributed by atoms with Crippen molar-refractivity contribution in [3.8, 4) is 0 Å². The van der Waals surface area contributed by atoms with Gasteiger partial charge in [-0.1, -0.05) is 18.6 Å². The van der Waals surface area contributed by atoms with E-state index >= 15 is 0 Å². The lowest BCUT2D eigenvalue weighted by atomic mass is 9.80. The third-order valence-electron chi connectivity index (χ3n) is 2.65. The Labute approximate surface area is 84.9 Å². The van der Waals surface area contributed by atoms with E-state index in [1.807, 2.05) is 12.1 Å². The van der Waals surface area contributed by atoms with Gasteiger partial charge in [-0.3, -0.25) is 0 Å². The summed E-state index contributed by atoms with van der Waals surface area (Å²) >= 11 is 0. The highest BCUT2D eigenvalue weighted by atomic mass is 32.2. The van der Waals surface area contributed by atoms with Crippen LogP contribution in [0.1, 0.15) is 24.8 Å². The first-order valence-electron chi connectivity index (χ1n) is 4.72. The van der Waals surface area contributed by atoms with Crippen LogP contribution in [0.2, 0.25) is 0 Å². The van der Waals surface area contributed by atoms with Crippen molar-refractivity contribution in [2.45, 2.75) is 24.2 Å². The molecule has 14 heavy (non-hydrogen) atoms. The first-order chi connectivity index (χ1) is 6.57. The van der Waals surface area contributed by atoms with Gasteiger partial charge in [0, 0.05) is 12.2 Å². The summed E-state index contributed by atoms with van der Waals surface area (Å²) in [5, 5.41) is 0. The number of hydrogen-bond donors (Lipinski definition) is 0. The summed E-state index contributed by atoms with van der Waals surface area (Å²) in [5.74, 6) is 1.45. The lowest BCUT2D eigenvalue weighted by Gasteiger charge is -2.24. The molecule has 1 saturated carbocycles. The molecule has 0 amide bonds. The average Bonchev–Trinajstić information content (AvgIpc) is 2.00. The molecule has 2 rings (SSSR count). The van der Waals surface area contributed by atoms with E-state index < -0.39 is 9.84 Å². The normalized spacial score (nSPS) is 17.8. The van der Waals surface area contributed by atoms with Crippen LogP contribution in [-0.2, 0) is 9.84 Å². The SMILES string of the molecule is CS(=O)(=O)c1ccc([C]2CCC2)cc1. The van der Waals surface area contributed by atoms with Crippen LogP contribution in [0, 0.1) is 5.92 Å². The molecule has 0 saturated heterocycles. The summed E-state index contributed by atoms with van der Waals surface area (Å²) in [6.07, 6.45) is 4.83. The van der Waals surface area contributed by atoms with Crippen LogP contribution in [0.25, 0.3) is 0 Å². The summed E-state index contributed by atoms with van der Waals surface area (Å²) in [7, 11) is -3.04. The smallest absolute Gasteiger partial charge is 0.175 e. The van der Waals surface area contributed by atoms with Gasteiger partial charge in [0.05, 0.1) is 4.90 Å². The quantitative estimate of drug-likeness (QED) is 0.748. The second kappa shape index (κ2) is 3.39. The molecule has 1 aliphatic carbocycles. The lowest BCUT2D eigenvalue weighted by molar-refractivity contribution is 0.577. The van der Waals surface area contributed by atoms with Gasteiger partial charge in [0.15, 0.2) is 9.84 Å². The first-order valence-corrected chi connectivity index (χ1v) is 6.62.